The zero-order chi connectivity index (χ0) is 22.0. The van der Waals surface area contributed by atoms with E-state index in [9.17, 15) is 0 Å². The Morgan fingerprint density at radius 3 is 2.35 bits per heavy atom. The van der Waals surface area contributed by atoms with Gasteiger partial charge in [-0.25, -0.2) is 0 Å². The van der Waals surface area contributed by atoms with Crippen molar-refractivity contribution in [2.24, 2.45) is 4.99 Å². The molecule has 0 N–H and O–H groups in total. The average Bonchev–Trinajstić information content (AvgIpc) is 3.10. The van der Waals surface area contributed by atoms with Gasteiger partial charge in [-0.05, 0) is 68.3 Å². The van der Waals surface area contributed by atoms with Crippen LogP contribution in [0.4, 0.5) is 0 Å². The molecule has 1 atom stereocenters. The average molecular weight is 426 g/mol. The smallest absolute Gasteiger partial charge is 0.256 e. The summed E-state index contributed by atoms with van der Waals surface area (Å²) in [5.74, 6) is 0.934. The molecule has 0 aromatic heterocycles. The van der Waals surface area contributed by atoms with Gasteiger partial charge in [0.15, 0.2) is 0 Å². The number of rotatable bonds is 6. The van der Waals surface area contributed by atoms with Crippen LogP contribution in [0.1, 0.15) is 43.0 Å². The SMILES string of the molecule is CC1=Cc2c(-c3ccccc3)cccc2C1[Si](C)(C)Oc1ccccc1C=NC(C)C. The monoisotopic (exact) mass is 425 g/mol. The summed E-state index contributed by atoms with van der Waals surface area (Å²) in [5, 5.41) is 0. The summed E-state index contributed by atoms with van der Waals surface area (Å²) in [6, 6.07) is 25.9. The molecule has 4 rings (SSSR count). The van der Waals surface area contributed by atoms with Crippen molar-refractivity contribution in [3.05, 3.63) is 95.1 Å². The number of hydrogen-bond acceptors (Lipinski definition) is 2. The van der Waals surface area contributed by atoms with Crippen LogP contribution in [0, 0.1) is 0 Å². The molecular formula is C28H31NOSi. The summed E-state index contributed by atoms with van der Waals surface area (Å²) in [4.78, 5) is 4.58. The van der Waals surface area contributed by atoms with Crippen LogP contribution in [-0.4, -0.2) is 20.6 Å². The van der Waals surface area contributed by atoms with Gasteiger partial charge in [0.2, 0.25) is 0 Å². The molecule has 158 valence electrons. The fourth-order valence-electron chi connectivity index (χ4n) is 4.60. The van der Waals surface area contributed by atoms with Gasteiger partial charge in [-0.15, -0.1) is 0 Å². The highest BCUT2D eigenvalue weighted by molar-refractivity contribution is 6.74. The molecule has 3 aromatic rings. The highest BCUT2D eigenvalue weighted by Crippen LogP contribution is 2.46. The molecule has 1 aliphatic carbocycles. The zero-order valence-corrected chi connectivity index (χ0v) is 20.1. The van der Waals surface area contributed by atoms with Crippen LogP contribution in [0.25, 0.3) is 17.2 Å². The Morgan fingerprint density at radius 1 is 0.903 bits per heavy atom. The minimum atomic E-state index is -2.17. The van der Waals surface area contributed by atoms with Crippen LogP contribution >= 0.6 is 0 Å². The first-order valence-electron chi connectivity index (χ1n) is 11.0. The number of hydrogen-bond donors (Lipinski definition) is 0. The molecule has 3 heteroatoms. The quantitative estimate of drug-likeness (QED) is 0.296. The highest BCUT2D eigenvalue weighted by Gasteiger charge is 2.42. The number of allylic oxidation sites excluding steroid dienone is 1. The molecule has 0 fully saturated rings. The van der Waals surface area contributed by atoms with Crippen molar-refractivity contribution in [3.8, 4) is 16.9 Å². The fraction of sp³-hybridized carbons (Fsp3) is 0.250. The number of nitrogens with zero attached hydrogens (tertiary/aromatic N) is 1. The van der Waals surface area contributed by atoms with Crippen molar-refractivity contribution < 1.29 is 4.43 Å². The van der Waals surface area contributed by atoms with Crippen molar-refractivity contribution in [2.45, 2.75) is 45.4 Å². The summed E-state index contributed by atoms with van der Waals surface area (Å²) in [6.07, 6.45) is 4.32. The van der Waals surface area contributed by atoms with Crippen molar-refractivity contribution in [3.63, 3.8) is 0 Å². The van der Waals surface area contributed by atoms with Gasteiger partial charge < -0.3 is 4.43 Å². The maximum Gasteiger partial charge on any atom is 0.256 e. The topological polar surface area (TPSA) is 21.6 Å². The van der Waals surface area contributed by atoms with E-state index in [1.807, 2.05) is 18.3 Å². The third-order valence-electron chi connectivity index (χ3n) is 5.86. The standard InChI is InChI=1S/C28H31NOSi/c1-20(2)29-19-23-14-9-10-17-27(23)30-31(4,5)28-21(3)18-26-24(15-11-16-25(26)28)22-12-7-6-8-13-22/h6-20,28H,1-5H3. The van der Waals surface area contributed by atoms with Gasteiger partial charge in [-0.3, -0.25) is 4.99 Å². The maximum absolute atomic E-state index is 6.83. The predicted octanol–water partition coefficient (Wildman–Crippen LogP) is 7.50. The minimum absolute atomic E-state index is 0.265. The molecule has 0 amide bonds. The van der Waals surface area contributed by atoms with Gasteiger partial charge in [0.1, 0.15) is 5.75 Å². The van der Waals surface area contributed by atoms with E-state index in [1.165, 1.54) is 27.8 Å². The van der Waals surface area contributed by atoms with Gasteiger partial charge in [0.05, 0.1) is 0 Å². The Bertz CT molecular complexity index is 1130. The van der Waals surface area contributed by atoms with E-state index in [4.69, 9.17) is 4.43 Å². The van der Waals surface area contributed by atoms with Gasteiger partial charge in [-0.1, -0.05) is 72.3 Å². The number of benzene rings is 3. The van der Waals surface area contributed by atoms with E-state index >= 15 is 0 Å². The summed E-state index contributed by atoms with van der Waals surface area (Å²) in [7, 11) is -2.17. The lowest BCUT2D eigenvalue weighted by atomic mass is 9.97. The van der Waals surface area contributed by atoms with E-state index in [1.54, 1.807) is 0 Å². The third-order valence-corrected chi connectivity index (χ3v) is 8.76. The lowest BCUT2D eigenvalue weighted by Crippen LogP contribution is -2.42. The van der Waals surface area contributed by atoms with Crippen molar-refractivity contribution >= 4 is 20.6 Å². The lowest BCUT2D eigenvalue weighted by Gasteiger charge is -2.33. The van der Waals surface area contributed by atoms with E-state index in [0.29, 0.717) is 5.54 Å². The molecule has 0 bridgehead atoms. The van der Waals surface area contributed by atoms with Crippen molar-refractivity contribution in [2.75, 3.05) is 0 Å². The van der Waals surface area contributed by atoms with Crippen LogP contribution in [-0.2, 0) is 0 Å². The van der Waals surface area contributed by atoms with Gasteiger partial charge in [-0.2, -0.15) is 0 Å². The summed E-state index contributed by atoms with van der Waals surface area (Å²) in [5.41, 5.74) is 8.06. The zero-order valence-electron chi connectivity index (χ0n) is 19.1. The van der Waals surface area contributed by atoms with E-state index in [-0.39, 0.29) is 6.04 Å². The predicted molar refractivity (Wildman–Crippen MR) is 136 cm³/mol. The minimum Gasteiger partial charge on any atom is -0.543 e. The second-order valence-electron chi connectivity index (χ2n) is 9.11. The molecule has 0 heterocycles. The van der Waals surface area contributed by atoms with Gasteiger partial charge >= 0.3 is 0 Å². The van der Waals surface area contributed by atoms with Crippen molar-refractivity contribution in [1.29, 1.82) is 0 Å². The summed E-state index contributed by atoms with van der Waals surface area (Å²) >= 11 is 0. The molecule has 1 aliphatic rings. The van der Waals surface area contributed by atoms with Gasteiger partial charge in [0, 0.05) is 23.4 Å². The molecule has 0 radical (unpaired) electrons. The molecule has 0 aliphatic heterocycles. The molecule has 2 nitrogen and oxygen atoms in total. The summed E-state index contributed by atoms with van der Waals surface area (Å²) in [6.45, 7) is 11.1. The number of fused-ring (bicyclic) bond motifs is 1. The van der Waals surface area contributed by atoms with E-state index < -0.39 is 8.32 Å². The molecule has 3 aromatic carbocycles. The first-order valence-corrected chi connectivity index (χ1v) is 14.0. The fourth-order valence-corrected chi connectivity index (χ4v) is 7.65. The van der Waals surface area contributed by atoms with E-state index in [2.05, 4.69) is 106 Å². The molecule has 0 spiro atoms. The third kappa shape index (κ3) is 4.42. The Kier molecular flexibility index (Phi) is 5.97. The van der Waals surface area contributed by atoms with Gasteiger partial charge in [0.25, 0.3) is 8.32 Å². The second-order valence-corrected chi connectivity index (χ2v) is 13.1. The van der Waals surface area contributed by atoms with Crippen LogP contribution in [0.3, 0.4) is 0 Å². The van der Waals surface area contributed by atoms with Crippen molar-refractivity contribution in [1.82, 2.24) is 0 Å². The normalized spacial score (nSPS) is 15.9. The Balaban J connectivity index is 1.70. The first kappa shape index (κ1) is 21.3. The Labute approximate surface area is 187 Å². The van der Waals surface area contributed by atoms with Crippen LogP contribution in [0.15, 0.2) is 83.4 Å². The molecular weight excluding hydrogens is 394 g/mol. The summed E-state index contributed by atoms with van der Waals surface area (Å²) < 4.78 is 6.83. The maximum atomic E-state index is 6.83. The first-order chi connectivity index (χ1) is 14.9. The number of aliphatic imine (C=N–C) groups is 1. The molecule has 1 unspecified atom stereocenters. The number of para-hydroxylation sites is 1. The largest absolute Gasteiger partial charge is 0.543 e. The Morgan fingerprint density at radius 2 is 1.61 bits per heavy atom. The lowest BCUT2D eigenvalue weighted by molar-refractivity contribution is 0.536. The molecule has 0 saturated carbocycles. The highest BCUT2D eigenvalue weighted by atomic mass is 28.4. The van der Waals surface area contributed by atoms with Crippen LogP contribution < -0.4 is 4.43 Å². The Hall–Kier alpha value is -2.91. The van der Waals surface area contributed by atoms with E-state index in [0.717, 1.165) is 11.3 Å². The van der Waals surface area contributed by atoms with Crippen LogP contribution in [0.5, 0.6) is 5.75 Å². The molecule has 0 saturated heterocycles. The second kappa shape index (κ2) is 8.68. The molecule has 31 heavy (non-hydrogen) atoms. The van der Waals surface area contributed by atoms with Crippen LogP contribution in [0.2, 0.25) is 13.1 Å².